The third-order valence-corrected chi connectivity index (χ3v) is 3.10. The van der Waals surface area contributed by atoms with Gasteiger partial charge in [0.2, 0.25) is 0 Å². The van der Waals surface area contributed by atoms with Crippen molar-refractivity contribution < 1.29 is 5.11 Å². The molecule has 0 spiro atoms. The Labute approximate surface area is 102 Å². The van der Waals surface area contributed by atoms with Crippen molar-refractivity contribution in [3.63, 3.8) is 0 Å². The molecule has 0 aliphatic rings. The third kappa shape index (κ3) is 2.32. The monoisotopic (exact) mass is 229 g/mol. The largest absolute Gasteiger partial charge is 0.390 e. The highest BCUT2D eigenvalue weighted by atomic mass is 16.3. The van der Waals surface area contributed by atoms with Gasteiger partial charge in [0.15, 0.2) is 0 Å². The predicted octanol–water partition coefficient (Wildman–Crippen LogP) is 3.33. The fraction of sp³-hybridized carbons (Fsp3) is 0.400. The smallest absolute Gasteiger partial charge is 0.0853 e. The molecule has 0 bridgehead atoms. The summed E-state index contributed by atoms with van der Waals surface area (Å²) in [4.78, 5) is 4.43. The van der Waals surface area contributed by atoms with Crippen molar-refractivity contribution in [3.8, 4) is 0 Å². The highest BCUT2D eigenvalue weighted by Gasteiger charge is 2.14. The van der Waals surface area contributed by atoms with E-state index in [-0.39, 0.29) is 12.0 Å². The Morgan fingerprint density at radius 3 is 2.47 bits per heavy atom. The van der Waals surface area contributed by atoms with E-state index in [2.05, 4.69) is 44.8 Å². The van der Waals surface area contributed by atoms with Gasteiger partial charge in [-0.1, -0.05) is 26.8 Å². The molecule has 2 heteroatoms. The molecule has 0 aliphatic carbocycles. The molecular weight excluding hydrogens is 210 g/mol. The lowest BCUT2D eigenvalue weighted by atomic mass is 9.86. The lowest BCUT2D eigenvalue weighted by Gasteiger charge is -2.19. The van der Waals surface area contributed by atoms with Gasteiger partial charge in [-0.05, 0) is 41.7 Å². The van der Waals surface area contributed by atoms with Crippen molar-refractivity contribution in [1.82, 2.24) is 4.98 Å². The van der Waals surface area contributed by atoms with Crippen LogP contribution in [0.4, 0.5) is 0 Å². The molecule has 1 aromatic carbocycles. The third-order valence-electron chi connectivity index (χ3n) is 3.10. The van der Waals surface area contributed by atoms with Crippen molar-refractivity contribution in [2.24, 2.45) is 0 Å². The fourth-order valence-electron chi connectivity index (χ4n) is 2.01. The van der Waals surface area contributed by atoms with Crippen LogP contribution in [0.25, 0.3) is 10.9 Å². The van der Waals surface area contributed by atoms with Crippen LogP contribution in [0.15, 0.2) is 24.3 Å². The number of aromatic nitrogens is 1. The van der Waals surface area contributed by atoms with Crippen LogP contribution in [-0.2, 0) is 12.0 Å². The zero-order valence-electron chi connectivity index (χ0n) is 10.9. The van der Waals surface area contributed by atoms with Crippen molar-refractivity contribution >= 4 is 10.9 Å². The first-order valence-corrected chi connectivity index (χ1v) is 5.93. The Bertz CT molecular complexity index is 553. The predicted molar refractivity (Wildman–Crippen MR) is 71.1 cm³/mol. The standard InChI is InChI=1S/C15H19NO/c1-10-7-12(9-17)16-14-6-5-11(8-13(10)14)15(2,3)4/h5-8,17H,9H2,1-4H3. The molecule has 2 nitrogen and oxygen atoms in total. The molecule has 2 aromatic rings. The van der Waals surface area contributed by atoms with Gasteiger partial charge in [-0.25, -0.2) is 0 Å². The summed E-state index contributed by atoms with van der Waals surface area (Å²) >= 11 is 0. The minimum absolute atomic E-state index is 0.00218. The van der Waals surface area contributed by atoms with Crippen LogP contribution < -0.4 is 0 Å². The average molecular weight is 229 g/mol. The van der Waals surface area contributed by atoms with Gasteiger partial charge in [-0.2, -0.15) is 0 Å². The first kappa shape index (κ1) is 12.1. The van der Waals surface area contributed by atoms with Gasteiger partial charge in [0.25, 0.3) is 0 Å². The Morgan fingerprint density at radius 1 is 1.18 bits per heavy atom. The van der Waals surface area contributed by atoms with E-state index in [1.807, 2.05) is 12.1 Å². The second kappa shape index (κ2) is 4.11. The van der Waals surface area contributed by atoms with Gasteiger partial charge in [0.05, 0.1) is 17.8 Å². The number of aliphatic hydroxyl groups is 1. The molecule has 0 aliphatic heterocycles. The molecule has 0 unspecified atom stereocenters. The first-order valence-electron chi connectivity index (χ1n) is 5.93. The molecule has 0 saturated carbocycles. The quantitative estimate of drug-likeness (QED) is 0.813. The van der Waals surface area contributed by atoms with Crippen molar-refractivity contribution in [3.05, 3.63) is 41.1 Å². The second-order valence-corrected chi connectivity index (χ2v) is 5.57. The lowest BCUT2D eigenvalue weighted by molar-refractivity contribution is 0.277. The fourth-order valence-corrected chi connectivity index (χ4v) is 2.01. The maximum absolute atomic E-state index is 9.14. The Balaban J connectivity index is 2.67. The molecular formula is C15H19NO. The van der Waals surface area contributed by atoms with Gasteiger partial charge < -0.3 is 5.11 Å². The molecule has 2 rings (SSSR count). The summed E-state index contributed by atoms with van der Waals surface area (Å²) < 4.78 is 0. The van der Waals surface area contributed by atoms with Crippen LogP contribution in [0, 0.1) is 6.92 Å². The molecule has 1 heterocycles. The number of hydrogen-bond acceptors (Lipinski definition) is 2. The molecule has 1 N–H and O–H groups in total. The van der Waals surface area contributed by atoms with Gasteiger partial charge >= 0.3 is 0 Å². The second-order valence-electron chi connectivity index (χ2n) is 5.57. The number of fused-ring (bicyclic) bond motifs is 1. The topological polar surface area (TPSA) is 33.1 Å². The summed E-state index contributed by atoms with van der Waals surface area (Å²) in [7, 11) is 0. The van der Waals surface area contributed by atoms with E-state index in [0.717, 1.165) is 11.2 Å². The molecule has 0 saturated heterocycles. The maximum Gasteiger partial charge on any atom is 0.0853 e. The molecule has 0 fully saturated rings. The van der Waals surface area contributed by atoms with Crippen LogP contribution in [0.5, 0.6) is 0 Å². The SMILES string of the molecule is Cc1cc(CO)nc2ccc(C(C)(C)C)cc12. The number of pyridine rings is 1. The summed E-state index contributed by atoms with van der Waals surface area (Å²) in [6, 6.07) is 8.32. The van der Waals surface area contributed by atoms with Crippen molar-refractivity contribution in [1.29, 1.82) is 0 Å². The molecule has 1 aromatic heterocycles. The van der Waals surface area contributed by atoms with E-state index >= 15 is 0 Å². The van der Waals surface area contributed by atoms with E-state index in [9.17, 15) is 0 Å². The number of hydrogen-bond donors (Lipinski definition) is 1. The van der Waals surface area contributed by atoms with Crippen molar-refractivity contribution in [2.75, 3.05) is 0 Å². The summed E-state index contributed by atoms with van der Waals surface area (Å²) in [5.41, 5.74) is 4.33. The number of rotatable bonds is 1. The van der Waals surface area contributed by atoms with Crippen LogP contribution in [0.3, 0.4) is 0 Å². The number of benzene rings is 1. The van der Waals surface area contributed by atoms with Crippen molar-refractivity contribution in [2.45, 2.75) is 39.7 Å². The van der Waals surface area contributed by atoms with E-state index in [4.69, 9.17) is 5.11 Å². The van der Waals surface area contributed by atoms with E-state index < -0.39 is 0 Å². The summed E-state index contributed by atoms with van der Waals surface area (Å²) in [6.45, 7) is 8.68. The summed E-state index contributed by atoms with van der Waals surface area (Å²) in [5, 5.41) is 10.3. The van der Waals surface area contributed by atoms with E-state index in [1.165, 1.54) is 16.5 Å². The highest BCUT2D eigenvalue weighted by Crippen LogP contribution is 2.27. The molecule has 0 radical (unpaired) electrons. The highest BCUT2D eigenvalue weighted by molar-refractivity contribution is 5.83. The minimum atomic E-state index is -0.00218. The van der Waals surface area contributed by atoms with Crippen LogP contribution in [0.2, 0.25) is 0 Å². The minimum Gasteiger partial charge on any atom is -0.390 e. The summed E-state index contributed by atoms with van der Waals surface area (Å²) in [6.07, 6.45) is 0. The zero-order chi connectivity index (χ0) is 12.6. The van der Waals surface area contributed by atoms with E-state index in [1.54, 1.807) is 0 Å². The average Bonchev–Trinajstić information content (AvgIpc) is 2.27. The van der Waals surface area contributed by atoms with E-state index in [0.29, 0.717) is 0 Å². The normalized spacial score (nSPS) is 12.1. The first-order chi connectivity index (χ1) is 7.91. The Hall–Kier alpha value is -1.41. The molecule has 0 amide bonds. The van der Waals surface area contributed by atoms with Crippen LogP contribution in [-0.4, -0.2) is 10.1 Å². The van der Waals surface area contributed by atoms with Gasteiger partial charge in [0, 0.05) is 5.39 Å². The number of aliphatic hydroxyl groups excluding tert-OH is 1. The lowest BCUT2D eigenvalue weighted by Crippen LogP contribution is -2.10. The number of aryl methyl sites for hydroxylation is 1. The van der Waals surface area contributed by atoms with Gasteiger partial charge in [-0.3, -0.25) is 4.98 Å². The summed E-state index contributed by atoms with van der Waals surface area (Å²) in [5.74, 6) is 0. The Morgan fingerprint density at radius 2 is 1.88 bits per heavy atom. The zero-order valence-corrected chi connectivity index (χ0v) is 10.9. The van der Waals surface area contributed by atoms with Crippen LogP contribution in [0.1, 0.15) is 37.6 Å². The molecule has 90 valence electrons. The Kier molecular flexibility index (Phi) is 2.92. The number of nitrogens with zero attached hydrogens (tertiary/aromatic N) is 1. The van der Waals surface area contributed by atoms with Gasteiger partial charge in [0.1, 0.15) is 0 Å². The van der Waals surface area contributed by atoms with Gasteiger partial charge in [-0.15, -0.1) is 0 Å². The maximum atomic E-state index is 9.14. The van der Waals surface area contributed by atoms with Crippen LogP contribution >= 0.6 is 0 Å². The molecule has 17 heavy (non-hydrogen) atoms. The molecule has 0 atom stereocenters.